The minimum absolute atomic E-state index is 0.0469. The Morgan fingerprint density at radius 1 is 1.42 bits per heavy atom. The van der Waals surface area contributed by atoms with Crippen LogP contribution in [0.2, 0.25) is 0 Å². The average molecular weight is 272 g/mol. The number of nitrogens with zero attached hydrogens (tertiary/aromatic N) is 1. The van der Waals surface area contributed by atoms with E-state index in [2.05, 4.69) is 5.32 Å². The minimum Gasteiger partial charge on any atom is -0.481 e. The SMILES string of the molecule is COCC(C)N(C)C(=O)NCC1(C(=O)O)CCCC1. The maximum absolute atomic E-state index is 11.9. The number of likely N-dealkylation sites (N-methyl/N-ethyl adjacent to an activating group) is 1. The Morgan fingerprint density at radius 3 is 2.47 bits per heavy atom. The highest BCUT2D eigenvalue weighted by Crippen LogP contribution is 2.37. The fourth-order valence-electron chi connectivity index (χ4n) is 2.44. The lowest BCUT2D eigenvalue weighted by molar-refractivity contribution is -0.148. The molecule has 1 aliphatic carbocycles. The number of amides is 2. The summed E-state index contributed by atoms with van der Waals surface area (Å²) in [4.78, 5) is 24.8. The lowest BCUT2D eigenvalue weighted by atomic mass is 9.86. The molecule has 110 valence electrons. The van der Waals surface area contributed by atoms with Crippen molar-refractivity contribution in [2.24, 2.45) is 5.41 Å². The van der Waals surface area contributed by atoms with Gasteiger partial charge in [0.1, 0.15) is 0 Å². The number of nitrogens with one attached hydrogen (secondary N) is 1. The standard InChI is InChI=1S/C13H24N2O4/c1-10(8-19-3)15(2)12(18)14-9-13(11(16)17)6-4-5-7-13/h10H,4-9H2,1-3H3,(H,14,18)(H,16,17). The van der Waals surface area contributed by atoms with Crippen LogP contribution in [0.15, 0.2) is 0 Å². The zero-order valence-electron chi connectivity index (χ0n) is 11.9. The smallest absolute Gasteiger partial charge is 0.317 e. The predicted octanol–water partition coefficient (Wildman–Crippen LogP) is 1.31. The molecule has 2 amide bonds. The van der Waals surface area contributed by atoms with E-state index >= 15 is 0 Å². The first kappa shape index (κ1) is 15.8. The Labute approximate surface area is 114 Å². The number of ether oxygens (including phenoxy) is 1. The van der Waals surface area contributed by atoms with E-state index in [1.807, 2.05) is 6.92 Å². The van der Waals surface area contributed by atoms with E-state index in [-0.39, 0.29) is 18.6 Å². The molecular formula is C13H24N2O4. The Morgan fingerprint density at radius 2 is 2.00 bits per heavy atom. The fourth-order valence-corrected chi connectivity index (χ4v) is 2.44. The Bertz CT molecular complexity index is 327. The molecule has 0 aliphatic heterocycles. The molecule has 1 aliphatic rings. The van der Waals surface area contributed by atoms with Gasteiger partial charge < -0.3 is 20.1 Å². The van der Waals surface area contributed by atoms with Crippen LogP contribution >= 0.6 is 0 Å². The van der Waals surface area contributed by atoms with Crippen molar-refractivity contribution in [3.05, 3.63) is 0 Å². The molecule has 0 aromatic carbocycles. The van der Waals surface area contributed by atoms with Crippen molar-refractivity contribution < 1.29 is 19.4 Å². The third-order valence-electron chi connectivity index (χ3n) is 3.98. The van der Waals surface area contributed by atoms with E-state index in [0.29, 0.717) is 19.4 Å². The lowest BCUT2D eigenvalue weighted by Gasteiger charge is -2.28. The van der Waals surface area contributed by atoms with Gasteiger partial charge in [-0.25, -0.2) is 4.79 Å². The lowest BCUT2D eigenvalue weighted by Crippen LogP contribution is -2.48. The van der Waals surface area contributed by atoms with Gasteiger partial charge in [0.05, 0.1) is 18.1 Å². The second kappa shape index (κ2) is 6.75. The molecular weight excluding hydrogens is 248 g/mol. The molecule has 6 heteroatoms. The Hall–Kier alpha value is -1.30. The van der Waals surface area contributed by atoms with Crippen LogP contribution in [0, 0.1) is 5.41 Å². The van der Waals surface area contributed by atoms with Crippen LogP contribution in [0.3, 0.4) is 0 Å². The molecule has 0 spiro atoms. The molecule has 1 fully saturated rings. The predicted molar refractivity (Wildman–Crippen MR) is 71.0 cm³/mol. The van der Waals surface area contributed by atoms with Crippen LogP contribution in [0.5, 0.6) is 0 Å². The number of carboxylic acids is 1. The largest absolute Gasteiger partial charge is 0.481 e. The van der Waals surface area contributed by atoms with Crippen LogP contribution in [0.1, 0.15) is 32.6 Å². The highest BCUT2D eigenvalue weighted by molar-refractivity contribution is 5.78. The number of hydrogen-bond acceptors (Lipinski definition) is 3. The van der Waals surface area contributed by atoms with Crippen molar-refractivity contribution >= 4 is 12.0 Å². The summed E-state index contributed by atoms with van der Waals surface area (Å²) < 4.78 is 5.00. The number of aliphatic carboxylic acids is 1. The summed E-state index contributed by atoms with van der Waals surface area (Å²) in [6.07, 6.45) is 3.11. The number of carbonyl (C=O) groups is 2. The van der Waals surface area contributed by atoms with Gasteiger partial charge in [-0.05, 0) is 19.8 Å². The van der Waals surface area contributed by atoms with E-state index in [1.165, 1.54) is 4.90 Å². The number of urea groups is 1. The fraction of sp³-hybridized carbons (Fsp3) is 0.846. The number of carboxylic acid groups (broad SMARTS) is 1. The van der Waals surface area contributed by atoms with Crippen molar-refractivity contribution in [2.45, 2.75) is 38.6 Å². The molecule has 0 aromatic rings. The van der Waals surface area contributed by atoms with Gasteiger partial charge in [-0.2, -0.15) is 0 Å². The normalized spacial score (nSPS) is 18.9. The van der Waals surface area contributed by atoms with Gasteiger partial charge in [0.2, 0.25) is 0 Å². The van der Waals surface area contributed by atoms with Crippen molar-refractivity contribution in [1.82, 2.24) is 10.2 Å². The number of carbonyl (C=O) groups excluding carboxylic acids is 1. The van der Waals surface area contributed by atoms with Gasteiger partial charge in [-0.1, -0.05) is 12.8 Å². The number of hydrogen-bond donors (Lipinski definition) is 2. The molecule has 19 heavy (non-hydrogen) atoms. The summed E-state index contributed by atoms with van der Waals surface area (Å²) in [7, 11) is 3.27. The van der Waals surface area contributed by atoms with E-state index in [1.54, 1.807) is 14.2 Å². The summed E-state index contributed by atoms with van der Waals surface area (Å²) in [6.45, 7) is 2.53. The summed E-state index contributed by atoms with van der Waals surface area (Å²) in [5.74, 6) is -0.808. The molecule has 6 nitrogen and oxygen atoms in total. The zero-order chi connectivity index (χ0) is 14.5. The molecule has 1 saturated carbocycles. The molecule has 1 atom stereocenters. The molecule has 1 unspecified atom stereocenters. The quantitative estimate of drug-likeness (QED) is 0.764. The number of methoxy groups -OCH3 is 1. The van der Waals surface area contributed by atoms with Crippen LogP contribution in [0.4, 0.5) is 4.79 Å². The maximum atomic E-state index is 11.9. The first-order chi connectivity index (χ1) is 8.93. The molecule has 0 aromatic heterocycles. The molecule has 1 rings (SSSR count). The van der Waals surface area contributed by atoms with Crippen molar-refractivity contribution in [3.8, 4) is 0 Å². The van der Waals surface area contributed by atoms with Crippen LogP contribution in [0.25, 0.3) is 0 Å². The van der Waals surface area contributed by atoms with E-state index in [0.717, 1.165) is 12.8 Å². The molecule has 0 saturated heterocycles. The molecule has 2 N–H and O–H groups in total. The average Bonchev–Trinajstić information content (AvgIpc) is 2.85. The second-order valence-electron chi connectivity index (χ2n) is 5.37. The monoisotopic (exact) mass is 272 g/mol. The third-order valence-corrected chi connectivity index (χ3v) is 3.98. The first-order valence-electron chi connectivity index (χ1n) is 6.66. The van der Waals surface area contributed by atoms with Gasteiger partial charge in [0.15, 0.2) is 0 Å². The topological polar surface area (TPSA) is 78.9 Å². The summed E-state index contributed by atoms with van der Waals surface area (Å²) >= 11 is 0. The van der Waals surface area contributed by atoms with Crippen LogP contribution in [-0.4, -0.2) is 55.4 Å². The highest BCUT2D eigenvalue weighted by Gasteiger charge is 2.41. The van der Waals surface area contributed by atoms with Gasteiger partial charge in [0, 0.05) is 20.7 Å². The third kappa shape index (κ3) is 3.83. The van der Waals surface area contributed by atoms with Gasteiger partial charge >= 0.3 is 12.0 Å². The van der Waals surface area contributed by atoms with Crippen LogP contribution in [-0.2, 0) is 9.53 Å². The summed E-state index contributed by atoms with van der Waals surface area (Å²) in [6, 6.07) is -0.300. The zero-order valence-corrected chi connectivity index (χ0v) is 11.9. The number of rotatable bonds is 6. The molecule has 0 bridgehead atoms. The van der Waals surface area contributed by atoms with Crippen LogP contribution < -0.4 is 5.32 Å². The van der Waals surface area contributed by atoms with Crippen molar-refractivity contribution in [1.29, 1.82) is 0 Å². The van der Waals surface area contributed by atoms with Crippen molar-refractivity contribution in [3.63, 3.8) is 0 Å². The van der Waals surface area contributed by atoms with Crippen molar-refractivity contribution in [2.75, 3.05) is 27.3 Å². The van der Waals surface area contributed by atoms with E-state index in [9.17, 15) is 14.7 Å². The van der Waals surface area contributed by atoms with Gasteiger partial charge in [-0.3, -0.25) is 4.79 Å². The first-order valence-corrected chi connectivity index (χ1v) is 6.66. The Balaban J connectivity index is 2.51. The summed E-state index contributed by atoms with van der Waals surface area (Å²) in [5.41, 5.74) is -0.777. The summed E-state index contributed by atoms with van der Waals surface area (Å²) in [5, 5.41) is 12.1. The molecule has 0 radical (unpaired) electrons. The van der Waals surface area contributed by atoms with Gasteiger partial charge in [-0.15, -0.1) is 0 Å². The van der Waals surface area contributed by atoms with E-state index < -0.39 is 11.4 Å². The maximum Gasteiger partial charge on any atom is 0.317 e. The second-order valence-corrected chi connectivity index (χ2v) is 5.37. The Kier molecular flexibility index (Phi) is 5.60. The van der Waals surface area contributed by atoms with Gasteiger partial charge in [0.25, 0.3) is 0 Å². The minimum atomic E-state index is -0.808. The molecule has 0 heterocycles. The highest BCUT2D eigenvalue weighted by atomic mass is 16.5. The van der Waals surface area contributed by atoms with E-state index in [4.69, 9.17) is 4.74 Å².